The number of benzene rings is 13. The highest BCUT2D eigenvalue weighted by atomic mass is 15.2. The van der Waals surface area contributed by atoms with Crippen LogP contribution < -0.4 is 26.2 Å². The van der Waals surface area contributed by atoms with Crippen LogP contribution in [0.4, 0.5) is 34.1 Å². The third kappa shape index (κ3) is 16.1. The number of rotatable bonds is 15. The Hall–Kier alpha value is -10.9. The van der Waals surface area contributed by atoms with Crippen LogP contribution in [-0.4, -0.2) is 15.8 Å². The predicted octanol–water partition coefficient (Wildman–Crippen LogP) is 29.8. The summed E-state index contributed by atoms with van der Waals surface area (Å²) in [4.78, 5) is 4.90. The van der Waals surface area contributed by atoms with Crippen molar-refractivity contribution in [1.29, 1.82) is 0 Å². The molecule has 17 rings (SSSR count). The highest BCUT2D eigenvalue weighted by Gasteiger charge is 2.47. The van der Waals surface area contributed by atoms with Gasteiger partial charge in [0, 0.05) is 77.9 Å². The molecule has 0 N–H and O–H groups in total. The second-order valence-electron chi connectivity index (χ2n) is 42.2. The molecule has 0 unspecified atom stereocenters. The fourth-order valence-electron chi connectivity index (χ4n) is 18.9. The van der Waals surface area contributed by atoms with Crippen LogP contribution in [0.2, 0.25) is 0 Å². The van der Waals surface area contributed by atoms with Gasteiger partial charge in [-0.2, -0.15) is 0 Å². The number of anilines is 6. The van der Waals surface area contributed by atoms with Gasteiger partial charge in [0.05, 0.1) is 55.4 Å². The lowest BCUT2D eigenvalue weighted by Crippen LogP contribution is -2.61. The average molecular weight is 1560 g/mol. The fraction of sp³-hybridized carbons (Fsp3) is 0.310. The summed E-state index contributed by atoms with van der Waals surface area (Å²) in [7, 11) is 0. The molecule has 0 atom stereocenters. The molecular weight excluding hydrogens is 1420 g/mol. The van der Waals surface area contributed by atoms with Crippen LogP contribution in [0.3, 0.4) is 0 Å². The quantitative estimate of drug-likeness (QED) is 0.0951. The first-order chi connectivity index (χ1) is 62.4. The fourth-order valence-corrected chi connectivity index (χ4v) is 18.9. The number of nitrogens with zero attached hydrogens (tertiary/aromatic N) is 4. The van der Waals surface area contributed by atoms with Crippen LogP contribution in [0.25, 0.3) is 99.5 Å². The van der Waals surface area contributed by atoms with Crippen LogP contribution >= 0.6 is 0 Å². The Bertz CT molecular complexity index is 6690. The molecule has 4 nitrogen and oxygen atoms in total. The third-order valence-electron chi connectivity index (χ3n) is 22.6. The zero-order chi connectivity index (χ0) is 97.0. The normalized spacial score (nSPS) is 15.4. The molecule has 13 aromatic carbocycles. The topological polar surface area (TPSA) is 16.3 Å². The van der Waals surface area contributed by atoms with Crippen molar-refractivity contribution in [1.82, 2.24) is 9.13 Å². The van der Waals surface area contributed by atoms with E-state index in [1.807, 2.05) is 12.1 Å². The third-order valence-corrected chi connectivity index (χ3v) is 22.6. The predicted molar refractivity (Wildman–Crippen MR) is 513 cm³/mol. The monoisotopic (exact) mass is 1560 g/mol. The molecule has 5 heteroatoms. The van der Waals surface area contributed by atoms with Gasteiger partial charge in [0.15, 0.2) is 0 Å². The van der Waals surface area contributed by atoms with Crippen molar-refractivity contribution in [2.45, 2.75) is 190 Å². The van der Waals surface area contributed by atoms with E-state index >= 15 is 0 Å². The molecule has 2 aliphatic rings. The van der Waals surface area contributed by atoms with Crippen molar-refractivity contribution in [3.05, 3.63) is 305 Å². The summed E-state index contributed by atoms with van der Waals surface area (Å²) in [6.07, 6.45) is 4.93. The first kappa shape index (κ1) is 62.3. The minimum atomic E-state index is -0.778. The summed E-state index contributed by atoms with van der Waals surface area (Å²) in [5.41, 5.74) is 21.5. The smallest absolute Gasteiger partial charge is 0.252 e. The van der Waals surface area contributed by atoms with Crippen molar-refractivity contribution >= 4 is 101 Å². The van der Waals surface area contributed by atoms with Crippen molar-refractivity contribution in [3.63, 3.8) is 0 Å². The van der Waals surface area contributed by atoms with Gasteiger partial charge in [-0.1, -0.05) is 327 Å². The Morgan fingerprint density at radius 1 is 0.254 bits per heavy atom. The number of hydrogen-bond acceptors (Lipinski definition) is 2. The molecule has 0 fully saturated rings. The Morgan fingerprint density at radius 2 is 0.500 bits per heavy atom. The van der Waals surface area contributed by atoms with E-state index in [9.17, 15) is 21.9 Å². The van der Waals surface area contributed by atoms with Crippen molar-refractivity contribution < 1.29 is 21.9 Å². The number of para-hydroxylation sites is 4. The molecule has 0 spiro atoms. The molecule has 0 bridgehead atoms. The molecule has 2 aromatic heterocycles. The number of aromatic nitrogens is 2. The molecule has 0 amide bonds. The standard InChI is InChI=1S/C113H121BN4/c1-107(2,3)66-73-34-30-38-80(54-73)90-58-77(70-111(13,14)15)59-91(81-39-31-35-74(55-81)67-108(4,5)6)105(90)117-100-64-84(115-96-46-26-22-42-86(96)87-43-23-27-47-97(87)115)50-52-94(100)114-95-53-51-85(116-98-48-28-24-44-88(98)89-45-25-29-49-99(89)116)65-101(95)118(103-63-79(72-113(19,20)21)62-102(117)104(103)114)106-92(82-40-32-36-75(56-82)68-109(7,8)9)60-78(71-112(16,17)18)61-93(106)83-41-33-37-76(57-83)69-110(10,11)12/h22-65H,66-72H2,1-21H3/i22D,23D,24D,25D,26D,27D,28D,29D,42D,43D,44D,45D,46D,47D,48D,49D. The van der Waals surface area contributed by atoms with Gasteiger partial charge in [-0.15, -0.1) is 0 Å². The van der Waals surface area contributed by atoms with E-state index in [0.29, 0.717) is 42.0 Å². The molecule has 0 saturated carbocycles. The minimum absolute atomic E-state index is 0.0336. The van der Waals surface area contributed by atoms with E-state index in [1.54, 1.807) is 9.13 Å². The highest BCUT2D eigenvalue weighted by Crippen LogP contribution is 2.56. The average Bonchev–Trinajstić information content (AvgIpc) is 0.703. The van der Waals surface area contributed by atoms with Gasteiger partial charge < -0.3 is 18.9 Å². The number of fused-ring (bicyclic) bond motifs is 10. The molecule has 2 aliphatic heterocycles. The SMILES string of the molecule is [2H]c1c([2H])c([2H])c2c(c1[2H])c1c([2H])c([2H])c([2H])c([2H])c1n2-c1ccc2c(c1)N(c1c(-c3cccc(CC(C)(C)C)c3)cc(CC(C)(C)C)cc1-c1cccc(CC(C)(C)C)c1)c1cc(CC(C)(C)C)cc3c1B2c1ccc(-n2c4c([2H])c([2H])c([2H])c([2H])c4c4c([2H])c([2H])c([2H])c([2H])c42)cc1N3c1c(-c2cccc(CC(C)(C)C)c2)cc(CC(C)(C)C)cc1-c1cccc(CC(C)(C)C)c1. The summed E-state index contributed by atoms with van der Waals surface area (Å²) < 4.78 is 158. The largest absolute Gasteiger partial charge is 0.310 e. The summed E-state index contributed by atoms with van der Waals surface area (Å²) in [5, 5.41) is -0.233. The summed E-state index contributed by atoms with van der Waals surface area (Å²) in [6, 6.07) is 54.3. The van der Waals surface area contributed by atoms with E-state index in [1.165, 1.54) is 0 Å². The lowest BCUT2D eigenvalue weighted by molar-refractivity contribution is 0.410. The Labute approximate surface area is 727 Å². The zero-order valence-corrected chi connectivity index (χ0v) is 73.0. The van der Waals surface area contributed by atoms with E-state index < -0.39 is 109 Å². The van der Waals surface area contributed by atoms with Gasteiger partial charge in [-0.3, -0.25) is 0 Å². The summed E-state index contributed by atoms with van der Waals surface area (Å²) in [5.74, 6) is 0. The minimum Gasteiger partial charge on any atom is -0.310 e. The Balaban J connectivity index is 1.14. The van der Waals surface area contributed by atoms with Crippen LogP contribution in [-0.2, 0) is 44.9 Å². The van der Waals surface area contributed by atoms with E-state index in [2.05, 4.69) is 313 Å². The van der Waals surface area contributed by atoms with Gasteiger partial charge >= 0.3 is 0 Å². The van der Waals surface area contributed by atoms with Gasteiger partial charge in [0.1, 0.15) is 0 Å². The van der Waals surface area contributed by atoms with Crippen molar-refractivity contribution in [2.24, 2.45) is 37.9 Å². The molecule has 118 heavy (non-hydrogen) atoms. The molecule has 0 radical (unpaired) electrons. The van der Waals surface area contributed by atoms with E-state index in [0.717, 1.165) is 148 Å². The first-order valence-corrected chi connectivity index (χ1v) is 42.2. The van der Waals surface area contributed by atoms with Crippen LogP contribution in [0, 0.1) is 37.9 Å². The highest BCUT2D eigenvalue weighted by molar-refractivity contribution is 7.00. The maximum absolute atomic E-state index is 10.1. The maximum Gasteiger partial charge on any atom is 0.252 e. The molecule has 4 heterocycles. The first-order valence-electron chi connectivity index (χ1n) is 50.2. The second kappa shape index (κ2) is 29.6. The molecule has 0 aliphatic carbocycles. The Morgan fingerprint density at radius 3 is 0.763 bits per heavy atom. The van der Waals surface area contributed by atoms with Crippen LogP contribution in [0.5, 0.6) is 0 Å². The van der Waals surface area contributed by atoms with Crippen molar-refractivity contribution in [3.8, 4) is 55.9 Å². The molecular formula is C113H121BN4. The lowest BCUT2D eigenvalue weighted by atomic mass is 9.33. The van der Waals surface area contributed by atoms with Gasteiger partial charge in [0.2, 0.25) is 0 Å². The van der Waals surface area contributed by atoms with E-state index in [4.69, 9.17) is 0 Å². The van der Waals surface area contributed by atoms with Gasteiger partial charge in [-0.25, -0.2) is 0 Å². The molecule has 596 valence electrons. The second-order valence-corrected chi connectivity index (χ2v) is 42.2. The maximum atomic E-state index is 10.1. The lowest BCUT2D eigenvalue weighted by Gasteiger charge is -2.46. The van der Waals surface area contributed by atoms with Gasteiger partial charge in [0.25, 0.3) is 6.71 Å². The molecule has 0 saturated heterocycles. The Kier molecular flexibility index (Phi) is 15.6. The van der Waals surface area contributed by atoms with Crippen LogP contribution in [0.15, 0.2) is 267 Å². The summed E-state index contributed by atoms with van der Waals surface area (Å²) >= 11 is 0. The van der Waals surface area contributed by atoms with E-state index in [-0.39, 0.29) is 76.1 Å². The van der Waals surface area contributed by atoms with Crippen LogP contribution in [0.1, 0.15) is 206 Å². The van der Waals surface area contributed by atoms with Gasteiger partial charge in [-0.05, 0) is 245 Å². The number of hydrogen-bond donors (Lipinski definition) is 0. The molecule has 15 aromatic rings. The van der Waals surface area contributed by atoms with Crippen molar-refractivity contribution in [2.75, 3.05) is 9.80 Å². The zero-order valence-electron chi connectivity index (χ0n) is 89.0. The summed E-state index contributed by atoms with van der Waals surface area (Å²) in [6.45, 7) is 46.8.